The van der Waals surface area contributed by atoms with Crippen LogP contribution >= 0.6 is 0 Å². The predicted molar refractivity (Wildman–Crippen MR) is 53.8 cm³/mol. The Morgan fingerprint density at radius 2 is 2.36 bits per heavy atom. The van der Waals surface area contributed by atoms with Gasteiger partial charge in [-0.2, -0.15) is 0 Å². The minimum atomic E-state index is -0.267. The Morgan fingerprint density at radius 1 is 1.50 bits per heavy atom. The summed E-state index contributed by atoms with van der Waals surface area (Å²) >= 11 is 0. The summed E-state index contributed by atoms with van der Waals surface area (Å²) in [6.07, 6.45) is 2.95. The summed E-state index contributed by atoms with van der Waals surface area (Å²) in [5.41, 5.74) is 0.685. The summed E-state index contributed by atoms with van der Waals surface area (Å²) in [6.45, 7) is 2.79. The van der Waals surface area contributed by atoms with E-state index in [4.69, 9.17) is 0 Å². The molecule has 0 aromatic carbocycles. The van der Waals surface area contributed by atoms with Crippen LogP contribution in [0.3, 0.4) is 0 Å². The Balaban J connectivity index is 2.27. The Labute approximate surface area is 83.5 Å². The lowest BCUT2D eigenvalue weighted by Crippen LogP contribution is -2.47. The van der Waals surface area contributed by atoms with Crippen molar-refractivity contribution >= 4 is 5.78 Å². The van der Waals surface area contributed by atoms with Crippen LogP contribution in [0.4, 0.5) is 0 Å². The molecule has 74 valence electrons. The number of hydrogen-bond acceptors (Lipinski definition) is 3. The average molecular weight is 190 g/mol. The van der Waals surface area contributed by atoms with Gasteiger partial charge in [0.15, 0.2) is 0 Å². The number of nitrogens with one attached hydrogen (secondary N) is 1. The molecule has 1 atom stereocenters. The zero-order valence-corrected chi connectivity index (χ0v) is 8.29. The highest BCUT2D eigenvalue weighted by atomic mass is 16.1. The van der Waals surface area contributed by atoms with Crippen LogP contribution < -0.4 is 5.32 Å². The van der Waals surface area contributed by atoms with Crippen LogP contribution in [0.25, 0.3) is 0 Å². The molecule has 0 spiro atoms. The molecule has 1 saturated heterocycles. The van der Waals surface area contributed by atoms with Crippen molar-refractivity contribution in [1.82, 2.24) is 10.3 Å². The average Bonchev–Trinajstić information content (AvgIpc) is 2.19. The highest BCUT2D eigenvalue weighted by Gasteiger charge is 2.33. The monoisotopic (exact) mass is 190 g/mol. The fraction of sp³-hybridized carbons (Fsp3) is 0.455. The molecule has 0 amide bonds. The fourth-order valence-electron chi connectivity index (χ4n) is 1.89. The lowest BCUT2D eigenvalue weighted by Gasteiger charge is -2.33. The first-order valence-corrected chi connectivity index (χ1v) is 4.89. The molecule has 14 heavy (non-hydrogen) atoms. The molecule has 2 heterocycles. The Kier molecular flexibility index (Phi) is 2.33. The van der Waals surface area contributed by atoms with Crippen molar-refractivity contribution in [3.8, 4) is 0 Å². The van der Waals surface area contributed by atoms with E-state index in [9.17, 15) is 4.79 Å². The van der Waals surface area contributed by atoms with E-state index < -0.39 is 0 Å². The van der Waals surface area contributed by atoms with Gasteiger partial charge >= 0.3 is 0 Å². The second kappa shape index (κ2) is 3.50. The van der Waals surface area contributed by atoms with Crippen LogP contribution in [0.2, 0.25) is 0 Å². The van der Waals surface area contributed by atoms with Gasteiger partial charge in [-0.25, -0.2) is 0 Å². The van der Waals surface area contributed by atoms with Crippen LogP contribution in [0.15, 0.2) is 24.4 Å². The maximum atomic E-state index is 11.4. The van der Waals surface area contributed by atoms with Gasteiger partial charge < -0.3 is 5.32 Å². The number of nitrogens with zero attached hydrogens (tertiary/aromatic N) is 1. The van der Waals surface area contributed by atoms with E-state index in [1.54, 1.807) is 6.20 Å². The minimum absolute atomic E-state index is 0.267. The third kappa shape index (κ3) is 1.68. The minimum Gasteiger partial charge on any atom is -0.306 e. The summed E-state index contributed by atoms with van der Waals surface area (Å²) in [6, 6.07) is 5.80. The van der Waals surface area contributed by atoms with Crippen LogP contribution in [0.1, 0.15) is 25.5 Å². The van der Waals surface area contributed by atoms with Gasteiger partial charge in [0.1, 0.15) is 5.78 Å². The van der Waals surface area contributed by atoms with Crippen molar-refractivity contribution in [2.24, 2.45) is 0 Å². The molecule has 1 aromatic rings. The Hall–Kier alpha value is -1.22. The molecule has 0 saturated carbocycles. The standard InChI is InChI=1S/C11H14N2O/c1-11(8-9(14)5-7-13-11)10-4-2-3-6-12-10/h2-4,6,13H,5,7-8H2,1H3. The van der Waals surface area contributed by atoms with Gasteiger partial charge in [0.2, 0.25) is 0 Å². The van der Waals surface area contributed by atoms with Gasteiger partial charge in [-0.3, -0.25) is 9.78 Å². The molecule has 1 unspecified atom stereocenters. The molecule has 3 heteroatoms. The van der Waals surface area contributed by atoms with E-state index >= 15 is 0 Å². The highest BCUT2D eigenvalue weighted by molar-refractivity contribution is 5.80. The van der Waals surface area contributed by atoms with E-state index in [0.29, 0.717) is 18.6 Å². The maximum absolute atomic E-state index is 11.4. The molecule has 0 bridgehead atoms. The largest absolute Gasteiger partial charge is 0.306 e. The van der Waals surface area contributed by atoms with Crippen LogP contribution in [-0.2, 0) is 10.3 Å². The van der Waals surface area contributed by atoms with E-state index in [1.165, 1.54) is 0 Å². The molecule has 1 aromatic heterocycles. The molecule has 1 aliphatic rings. The lowest BCUT2D eigenvalue weighted by molar-refractivity contribution is -0.122. The van der Waals surface area contributed by atoms with Crippen LogP contribution in [0, 0.1) is 0 Å². The van der Waals surface area contributed by atoms with Gasteiger partial charge in [-0.05, 0) is 19.1 Å². The van der Waals surface area contributed by atoms with E-state index in [0.717, 1.165) is 12.2 Å². The smallest absolute Gasteiger partial charge is 0.136 e. The van der Waals surface area contributed by atoms with Crippen molar-refractivity contribution in [3.05, 3.63) is 30.1 Å². The van der Waals surface area contributed by atoms with Gasteiger partial charge in [0, 0.05) is 25.6 Å². The zero-order chi connectivity index (χ0) is 10.0. The van der Waals surface area contributed by atoms with Gasteiger partial charge in [0.05, 0.1) is 11.2 Å². The molecule has 1 aliphatic heterocycles. The Morgan fingerprint density at radius 3 is 3.00 bits per heavy atom. The number of piperidine rings is 1. The van der Waals surface area contributed by atoms with E-state index in [2.05, 4.69) is 10.3 Å². The summed E-state index contributed by atoms with van der Waals surface area (Å²) in [5.74, 6) is 0.317. The summed E-state index contributed by atoms with van der Waals surface area (Å²) in [7, 11) is 0. The number of pyridine rings is 1. The first kappa shape index (κ1) is 9.34. The van der Waals surface area contributed by atoms with Crippen LogP contribution in [0.5, 0.6) is 0 Å². The Bertz CT molecular complexity index is 336. The molecule has 1 N–H and O–H groups in total. The SMILES string of the molecule is CC1(c2ccccn2)CC(=O)CCN1. The predicted octanol–water partition coefficient (Wildman–Crippen LogP) is 1.25. The number of carbonyl (C=O) groups excluding carboxylic acids is 1. The molecule has 0 radical (unpaired) electrons. The van der Waals surface area contributed by atoms with Gasteiger partial charge in [-0.1, -0.05) is 6.07 Å². The topological polar surface area (TPSA) is 42.0 Å². The maximum Gasteiger partial charge on any atom is 0.136 e. The van der Waals surface area contributed by atoms with E-state index in [-0.39, 0.29) is 5.54 Å². The molecule has 2 rings (SSSR count). The number of hydrogen-bond donors (Lipinski definition) is 1. The number of ketones is 1. The van der Waals surface area contributed by atoms with Gasteiger partial charge in [-0.15, -0.1) is 0 Å². The van der Waals surface area contributed by atoms with E-state index in [1.807, 2.05) is 25.1 Å². The normalized spacial score (nSPS) is 27.6. The molecule has 0 aliphatic carbocycles. The number of rotatable bonds is 1. The van der Waals surface area contributed by atoms with Crippen molar-refractivity contribution in [3.63, 3.8) is 0 Å². The first-order valence-electron chi connectivity index (χ1n) is 4.89. The summed E-state index contributed by atoms with van der Waals surface area (Å²) < 4.78 is 0. The summed E-state index contributed by atoms with van der Waals surface area (Å²) in [4.78, 5) is 15.7. The highest BCUT2D eigenvalue weighted by Crippen LogP contribution is 2.26. The molecule has 1 fully saturated rings. The first-order chi connectivity index (χ1) is 6.71. The molecular weight excluding hydrogens is 176 g/mol. The lowest BCUT2D eigenvalue weighted by atomic mass is 9.87. The third-order valence-corrected chi connectivity index (χ3v) is 2.70. The zero-order valence-electron chi connectivity index (χ0n) is 8.29. The molecule has 3 nitrogen and oxygen atoms in total. The molecular formula is C11H14N2O. The number of aromatic nitrogens is 1. The number of carbonyl (C=O) groups is 1. The summed E-state index contributed by atoms with van der Waals surface area (Å²) in [5, 5.41) is 3.36. The van der Waals surface area contributed by atoms with Crippen molar-refractivity contribution in [2.45, 2.75) is 25.3 Å². The fourth-order valence-corrected chi connectivity index (χ4v) is 1.89. The number of Topliss-reactive ketones (excluding diaryl/α,β-unsaturated/α-hetero) is 1. The van der Waals surface area contributed by atoms with Crippen molar-refractivity contribution in [1.29, 1.82) is 0 Å². The van der Waals surface area contributed by atoms with Crippen molar-refractivity contribution < 1.29 is 4.79 Å². The van der Waals surface area contributed by atoms with Crippen LogP contribution in [-0.4, -0.2) is 17.3 Å². The quantitative estimate of drug-likeness (QED) is 0.724. The van der Waals surface area contributed by atoms with Gasteiger partial charge in [0.25, 0.3) is 0 Å². The second-order valence-corrected chi connectivity index (χ2v) is 3.94. The third-order valence-electron chi connectivity index (χ3n) is 2.70. The second-order valence-electron chi connectivity index (χ2n) is 3.94. The van der Waals surface area contributed by atoms with Crippen molar-refractivity contribution in [2.75, 3.05) is 6.54 Å².